The first-order valence-corrected chi connectivity index (χ1v) is 10.8. The fraction of sp³-hybridized carbons (Fsp3) is 0.462. The van der Waals surface area contributed by atoms with E-state index in [0.717, 1.165) is 55.4 Å². The number of hydrogen-bond acceptors (Lipinski definition) is 1. The second-order valence-corrected chi connectivity index (χ2v) is 7.89. The number of halogens is 1. The summed E-state index contributed by atoms with van der Waals surface area (Å²) in [5.74, 6) is 1.20. The Labute approximate surface area is 169 Å². The van der Waals surface area contributed by atoms with Crippen molar-refractivity contribution in [3.63, 3.8) is 0 Å². The molecule has 28 heavy (non-hydrogen) atoms. The average molecular weight is 381 g/mol. The lowest BCUT2D eigenvalue weighted by molar-refractivity contribution is 0.324. The van der Waals surface area contributed by atoms with Gasteiger partial charge in [-0.2, -0.15) is 0 Å². The third-order valence-electron chi connectivity index (χ3n) is 5.77. The maximum Gasteiger partial charge on any atom is 0.126 e. The van der Waals surface area contributed by atoms with Gasteiger partial charge in [0.2, 0.25) is 0 Å². The third kappa shape index (κ3) is 5.47. The standard InChI is InChI=1S/C26H33FO/c1-3-5-7-9-20-10-15-25(26(27)17-20)23-12-11-22-19-24(14-13-21(22)18-23)28-16-8-6-4-2/h4,6,10,13-15,17,19,23H,3,5,7-9,11-12,16,18H2,1-2H3. The Bertz CT molecular complexity index is 793. The quantitative estimate of drug-likeness (QED) is 0.331. The van der Waals surface area contributed by atoms with E-state index in [1.807, 2.05) is 19.1 Å². The molecular weight excluding hydrogens is 347 g/mol. The number of allylic oxidation sites excluding steroid dienone is 1. The zero-order valence-corrected chi connectivity index (χ0v) is 17.3. The van der Waals surface area contributed by atoms with Gasteiger partial charge in [0, 0.05) is 0 Å². The van der Waals surface area contributed by atoms with Gasteiger partial charge < -0.3 is 4.74 Å². The van der Waals surface area contributed by atoms with E-state index in [1.54, 1.807) is 6.07 Å². The summed E-state index contributed by atoms with van der Waals surface area (Å²) in [6.45, 7) is 4.93. The predicted molar refractivity (Wildman–Crippen MR) is 116 cm³/mol. The molecule has 0 heterocycles. The molecule has 1 atom stereocenters. The van der Waals surface area contributed by atoms with E-state index in [4.69, 9.17) is 4.74 Å². The third-order valence-corrected chi connectivity index (χ3v) is 5.77. The van der Waals surface area contributed by atoms with Gasteiger partial charge in [0.1, 0.15) is 11.6 Å². The molecule has 0 saturated heterocycles. The normalized spacial score (nSPS) is 16.3. The van der Waals surface area contributed by atoms with Crippen LogP contribution in [0.5, 0.6) is 5.75 Å². The zero-order valence-electron chi connectivity index (χ0n) is 17.3. The summed E-state index contributed by atoms with van der Waals surface area (Å²) >= 11 is 0. The predicted octanol–water partition coefficient (Wildman–Crippen LogP) is 7.18. The van der Waals surface area contributed by atoms with Crippen LogP contribution in [0.3, 0.4) is 0 Å². The van der Waals surface area contributed by atoms with E-state index in [-0.39, 0.29) is 11.7 Å². The van der Waals surface area contributed by atoms with Gasteiger partial charge in [-0.25, -0.2) is 4.39 Å². The molecule has 0 fully saturated rings. The molecule has 0 N–H and O–H groups in total. The maximum atomic E-state index is 14.8. The maximum absolute atomic E-state index is 14.8. The molecule has 0 radical (unpaired) electrons. The Morgan fingerprint density at radius 3 is 2.79 bits per heavy atom. The molecule has 1 unspecified atom stereocenters. The number of ether oxygens (including phenoxy) is 1. The van der Waals surface area contributed by atoms with Crippen LogP contribution >= 0.6 is 0 Å². The van der Waals surface area contributed by atoms with Crippen molar-refractivity contribution in [3.8, 4) is 5.75 Å². The summed E-state index contributed by atoms with van der Waals surface area (Å²) in [4.78, 5) is 0. The van der Waals surface area contributed by atoms with Crippen LogP contribution in [0, 0.1) is 5.82 Å². The fourth-order valence-corrected chi connectivity index (χ4v) is 4.13. The van der Waals surface area contributed by atoms with Gasteiger partial charge in [-0.05, 0) is 91.8 Å². The second-order valence-electron chi connectivity index (χ2n) is 7.89. The molecule has 0 aromatic heterocycles. The first-order chi connectivity index (χ1) is 13.7. The van der Waals surface area contributed by atoms with Crippen LogP contribution in [0.25, 0.3) is 0 Å². The Hall–Kier alpha value is -2.09. The summed E-state index contributed by atoms with van der Waals surface area (Å²) in [5.41, 5.74) is 4.71. The van der Waals surface area contributed by atoms with Gasteiger partial charge >= 0.3 is 0 Å². The SMILES string of the molecule is CC=CCCOc1ccc2c(c1)CCC(c1ccc(CCCCC)cc1F)C2. The Kier molecular flexibility index (Phi) is 7.71. The summed E-state index contributed by atoms with van der Waals surface area (Å²) < 4.78 is 20.6. The van der Waals surface area contributed by atoms with Gasteiger partial charge in [-0.1, -0.05) is 50.1 Å². The van der Waals surface area contributed by atoms with Crippen molar-refractivity contribution in [1.29, 1.82) is 0 Å². The number of fused-ring (bicyclic) bond motifs is 1. The van der Waals surface area contributed by atoms with E-state index in [0.29, 0.717) is 6.61 Å². The molecule has 2 aromatic rings. The minimum atomic E-state index is -0.0219. The first kappa shape index (κ1) is 20.6. The highest BCUT2D eigenvalue weighted by Crippen LogP contribution is 2.35. The number of benzene rings is 2. The number of aryl methyl sites for hydroxylation is 2. The van der Waals surface area contributed by atoms with Crippen LogP contribution in [-0.2, 0) is 19.3 Å². The highest BCUT2D eigenvalue weighted by Gasteiger charge is 2.23. The lowest BCUT2D eigenvalue weighted by Gasteiger charge is -2.26. The van der Waals surface area contributed by atoms with Crippen molar-refractivity contribution in [1.82, 2.24) is 0 Å². The molecular formula is C26H33FO. The molecule has 2 aromatic carbocycles. The van der Waals surface area contributed by atoms with Crippen molar-refractivity contribution in [3.05, 3.63) is 76.6 Å². The minimum absolute atomic E-state index is 0.0219. The molecule has 0 bridgehead atoms. The summed E-state index contributed by atoms with van der Waals surface area (Å²) in [5, 5.41) is 0. The molecule has 2 heteroatoms. The van der Waals surface area contributed by atoms with Crippen LogP contribution < -0.4 is 4.74 Å². The average Bonchev–Trinajstić information content (AvgIpc) is 2.71. The van der Waals surface area contributed by atoms with E-state index in [9.17, 15) is 4.39 Å². The van der Waals surface area contributed by atoms with E-state index in [2.05, 4.69) is 37.3 Å². The number of hydrogen-bond donors (Lipinski definition) is 0. The van der Waals surface area contributed by atoms with E-state index < -0.39 is 0 Å². The molecule has 1 aliphatic rings. The van der Waals surface area contributed by atoms with Crippen LogP contribution in [0.1, 0.15) is 74.1 Å². The first-order valence-electron chi connectivity index (χ1n) is 10.8. The Morgan fingerprint density at radius 1 is 1.11 bits per heavy atom. The van der Waals surface area contributed by atoms with Gasteiger partial charge in [-0.3, -0.25) is 0 Å². The molecule has 0 saturated carbocycles. The molecule has 0 spiro atoms. The zero-order chi connectivity index (χ0) is 19.8. The van der Waals surface area contributed by atoms with Gasteiger partial charge in [0.05, 0.1) is 6.61 Å². The molecule has 0 aliphatic heterocycles. The smallest absolute Gasteiger partial charge is 0.126 e. The summed E-state index contributed by atoms with van der Waals surface area (Å²) in [7, 11) is 0. The van der Waals surface area contributed by atoms with Gasteiger partial charge in [-0.15, -0.1) is 0 Å². The van der Waals surface area contributed by atoms with Crippen LogP contribution in [0.4, 0.5) is 4.39 Å². The Morgan fingerprint density at radius 2 is 2.00 bits per heavy atom. The largest absolute Gasteiger partial charge is 0.493 e. The monoisotopic (exact) mass is 380 g/mol. The summed E-state index contributed by atoms with van der Waals surface area (Å²) in [6, 6.07) is 12.3. The van der Waals surface area contributed by atoms with Crippen LogP contribution in [-0.4, -0.2) is 6.61 Å². The fourth-order valence-electron chi connectivity index (χ4n) is 4.13. The Balaban J connectivity index is 1.63. The van der Waals surface area contributed by atoms with Crippen molar-refractivity contribution in [2.45, 2.75) is 71.1 Å². The van der Waals surface area contributed by atoms with Crippen molar-refractivity contribution < 1.29 is 9.13 Å². The van der Waals surface area contributed by atoms with Gasteiger partial charge in [0.15, 0.2) is 0 Å². The molecule has 1 nitrogen and oxygen atoms in total. The van der Waals surface area contributed by atoms with Gasteiger partial charge in [0.25, 0.3) is 0 Å². The van der Waals surface area contributed by atoms with E-state index >= 15 is 0 Å². The van der Waals surface area contributed by atoms with Crippen molar-refractivity contribution in [2.24, 2.45) is 0 Å². The highest BCUT2D eigenvalue weighted by molar-refractivity contribution is 5.40. The lowest BCUT2D eigenvalue weighted by Crippen LogP contribution is -2.14. The second kappa shape index (κ2) is 10.5. The lowest BCUT2D eigenvalue weighted by atomic mass is 9.79. The van der Waals surface area contributed by atoms with Crippen LogP contribution in [0.2, 0.25) is 0 Å². The minimum Gasteiger partial charge on any atom is -0.493 e. The van der Waals surface area contributed by atoms with Crippen molar-refractivity contribution >= 4 is 0 Å². The highest BCUT2D eigenvalue weighted by atomic mass is 19.1. The summed E-state index contributed by atoms with van der Waals surface area (Å²) in [6.07, 6.45) is 12.5. The molecule has 0 amide bonds. The van der Waals surface area contributed by atoms with Crippen molar-refractivity contribution in [2.75, 3.05) is 6.61 Å². The number of rotatable bonds is 9. The van der Waals surface area contributed by atoms with Crippen LogP contribution in [0.15, 0.2) is 48.6 Å². The number of unbranched alkanes of at least 4 members (excludes halogenated alkanes) is 2. The molecule has 3 rings (SSSR count). The topological polar surface area (TPSA) is 9.23 Å². The molecule has 1 aliphatic carbocycles. The molecule has 150 valence electrons. The van der Waals surface area contributed by atoms with E-state index in [1.165, 1.54) is 24.0 Å².